The van der Waals surface area contributed by atoms with Crippen LogP contribution in [0.1, 0.15) is 22.3 Å². The highest BCUT2D eigenvalue weighted by molar-refractivity contribution is 7.92. The van der Waals surface area contributed by atoms with Crippen molar-refractivity contribution < 1.29 is 18.0 Å². The fraction of sp³-hybridized carbons (Fsp3) is 0.212. The Morgan fingerprint density at radius 2 is 1.45 bits per heavy atom. The van der Waals surface area contributed by atoms with Gasteiger partial charge in [0.05, 0.1) is 15.6 Å². The average Bonchev–Trinajstić information content (AvgIpc) is 2.99. The SMILES string of the molecule is CNC(=O)[C@H](Cc1ccccc1)N(Cc1ccccc1C)C(=O)CN(c1ccccc1Cl)S(=O)(=O)c1ccc(C)cc1. The molecule has 0 saturated heterocycles. The summed E-state index contributed by atoms with van der Waals surface area (Å²) in [6, 6.07) is 29.0. The van der Waals surface area contributed by atoms with E-state index >= 15 is 0 Å². The lowest BCUT2D eigenvalue weighted by Crippen LogP contribution is -2.53. The van der Waals surface area contributed by atoms with Crippen molar-refractivity contribution in [2.75, 3.05) is 17.9 Å². The van der Waals surface area contributed by atoms with Crippen molar-refractivity contribution >= 4 is 39.1 Å². The normalized spacial score (nSPS) is 11.9. The Morgan fingerprint density at radius 1 is 0.833 bits per heavy atom. The highest BCUT2D eigenvalue weighted by Gasteiger charge is 2.35. The van der Waals surface area contributed by atoms with Gasteiger partial charge in [-0.3, -0.25) is 13.9 Å². The summed E-state index contributed by atoms with van der Waals surface area (Å²) in [7, 11) is -2.69. The van der Waals surface area contributed by atoms with Crippen LogP contribution >= 0.6 is 11.6 Å². The highest BCUT2D eigenvalue weighted by atomic mass is 35.5. The molecule has 0 aliphatic heterocycles. The van der Waals surface area contributed by atoms with E-state index in [0.717, 1.165) is 26.6 Å². The Labute approximate surface area is 252 Å². The molecule has 0 aromatic heterocycles. The van der Waals surface area contributed by atoms with E-state index in [0.29, 0.717) is 0 Å². The van der Waals surface area contributed by atoms with E-state index in [2.05, 4.69) is 5.32 Å². The first kappa shape index (κ1) is 30.8. The first-order valence-corrected chi connectivity index (χ1v) is 15.4. The number of carbonyl (C=O) groups excluding carboxylic acids is 2. The molecule has 4 rings (SSSR count). The van der Waals surface area contributed by atoms with Crippen LogP contribution < -0.4 is 9.62 Å². The number of halogens is 1. The van der Waals surface area contributed by atoms with E-state index in [1.54, 1.807) is 36.4 Å². The van der Waals surface area contributed by atoms with Gasteiger partial charge in [0.2, 0.25) is 11.8 Å². The molecule has 0 aliphatic rings. The average molecular weight is 604 g/mol. The molecule has 0 fully saturated rings. The summed E-state index contributed by atoms with van der Waals surface area (Å²) < 4.78 is 29.1. The van der Waals surface area contributed by atoms with Crippen LogP contribution in [-0.2, 0) is 32.6 Å². The summed E-state index contributed by atoms with van der Waals surface area (Å²) in [4.78, 5) is 29.2. The standard InChI is InChI=1S/C33H34ClN3O4S/c1-24-17-19-28(20-18-24)42(40,41)37(30-16-10-9-15-29(30)34)23-32(38)36(22-27-14-8-7-11-25(27)2)31(33(39)35-3)21-26-12-5-4-6-13-26/h4-20,31H,21-23H2,1-3H3,(H,35,39)/t31-/m0/s1. The Morgan fingerprint density at radius 3 is 2.10 bits per heavy atom. The van der Waals surface area contributed by atoms with Crippen LogP contribution in [0.15, 0.2) is 108 Å². The maximum Gasteiger partial charge on any atom is 0.264 e. The number of rotatable bonds is 11. The molecule has 2 amide bonds. The van der Waals surface area contributed by atoms with Gasteiger partial charge in [-0.25, -0.2) is 8.42 Å². The molecule has 1 atom stereocenters. The molecule has 0 saturated carbocycles. The van der Waals surface area contributed by atoms with E-state index in [9.17, 15) is 18.0 Å². The van der Waals surface area contributed by atoms with E-state index in [1.165, 1.54) is 24.1 Å². The number of nitrogens with zero attached hydrogens (tertiary/aromatic N) is 2. The highest BCUT2D eigenvalue weighted by Crippen LogP contribution is 2.31. The third-order valence-corrected chi connectivity index (χ3v) is 9.22. The van der Waals surface area contributed by atoms with E-state index in [1.807, 2.05) is 68.4 Å². The van der Waals surface area contributed by atoms with Gasteiger partial charge in [-0.1, -0.05) is 96.0 Å². The van der Waals surface area contributed by atoms with Crippen molar-refractivity contribution in [2.24, 2.45) is 0 Å². The molecule has 9 heteroatoms. The Hall–Kier alpha value is -4.14. The second kappa shape index (κ2) is 13.7. The number of benzene rings is 4. The third kappa shape index (κ3) is 7.19. The zero-order valence-electron chi connectivity index (χ0n) is 23.8. The predicted molar refractivity (Wildman–Crippen MR) is 167 cm³/mol. The van der Waals surface area contributed by atoms with Crippen LogP contribution in [0.25, 0.3) is 0 Å². The number of aryl methyl sites for hydroxylation is 2. The summed E-state index contributed by atoms with van der Waals surface area (Å²) in [6.45, 7) is 3.34. The first-order valence-electron chi connectivity index (χ1n) is 13.5. The predicted octanol–water partition coefficient (Wildman–Crippen LogP) is 5.54. The van der Waals surface area contributed by atoms with Gasteiger partial charge in [-0.05, 0) is 54.8 Å². The van der Waals surface area contributed by atoms with Crippen LogP contribution in [-0.4, -0.2) is 44.8 Å². The zero-order chi connectivity index (χ0) is 30.3. The van der Waals surface area contributed by atoms with Gasteiger partial charge < -0.3 is 10.2 Å². The Kier molecular flexibility index (Phi) is 10.0. The maximum absolute atomic E-state index is 14.3. The lowest BCUT2D eigenvalue weighted by molar-refractivity contribution is -0.139. The van der Waals surface area contributed by atoms with Crippen molar-refractivity contribution in [1.82, 2.24) is 10.2 Å². The zero-order valence-corrected chi connectivity index (χ0v) is 25.4. The second-order valence-corrected chi connectivity index (χ2v) is 12.3. The fourth-order valence-electron chi connectivity index (χ4n) is 4.70. The summed E-state index contributed by atoms with van der Waals surface area (Å²) in [5, 5.41) is 2.87. The van der Waals surface area contributed by atoms with Gasteiger partial charge in [-0.2, -0.15) is 0 Å². The fourth-order valence-corrected chi connectivity index (χ4v) is 6.42. The van der Waals surface area contributed by atoms with Gasteiger partial charge in [0, 0.05) is 20.0 Å². The summed E-state index contributed by atoms with van der Waals surface area (Å²) in [5.41, 5.74) is 3.72. The molecule has 4 aromatic carbocycles. The van der Waals surface area contributed by atoms with Gasteiger partial charge in [0.25, 0.3) is 10.0 Å². The smallest absolute Gasteiger partial charge is 0.264 e. The minimum atomic E-state index is -4.21. The Bertz CT molecular complexity index is 1640. The number of sulfonamides is 1. The van der Waals surface area contributed by atoms with Crippen molar-refractivity contribution in [3.8, 4) is 0 Å². The number of hydrogen-bond donors (Lipinski definition) is 1. The molecule has 0 aliphatic carbocycles. The molecule has 1 N–H and O–H groups in total. The third-order valence-electron chi connectivity index (χ3n) is 7.13. The first-order chi connectivity index (χ1) is 20.1. The summed E-state index contributed by atoms with van der Waals surface area (Å²) in [6.07, 6.45) is 0.245. The number of likely N-dealkylation sites (N-methyl/N-ethyl adjacent to an activating group) is 1. The van der Waals surface area contributed by atoms with E-state index in [4.69, 9.17) is 11.6 Å². The minimum Gasteiger partial charge on any atom is -0.357 e. The van der Waals surface area contributed by atoms with Crippen LogP contribution in [0.3, 0.4) is 0 Å². The molecule has 4 aromatic rings. The number of nitrogens with one attached hydrogen (secondary N) is 1. The van der Waals surface area contributed by atoms with Crippen molar-refractivity contribution in [3.05, 3.63) is 130 Å². The number of carbonyl (C=O) groups is 2. The summed E-state index contributed by atoms with van der Waals surface area (Å²) in [5.74, 6) is -0.898. The summed E-state index contributed by atoms with van der Waals surface area (Å²) >= 11 is 6.50. The monoisotopic (exact) mass is 603 g/mol. The topological polar surface area (TPSA) is 86.8 Å². The Balaban J connectivity index is 1.80. The van der Waals surface area contributed by atoms with Gasteiger partial charge in [0.15, 0.2) is 0 Å². The van der Waals surface area contributed by atoms with Crippen molar-refractivity contribution in [2.45, 2.75) is 37.8 Å². The molecule has 0 unspecified atom stereocenters. The molecule has 0 bridgehead atoms. The van der Waals surface area contributed by atoms with Crippen LogP contribution in [0, 0.1) is 13.8 Å². The number of hydrogen-bond acceptors (Lipinski definition) is 4. The van der Waals surface area contributed by atoms with Crippen molar-refractivity contribution in [1.29, 1.82) is 0 Å². The number of amides is 2. The minimum absolute atomic E-state index is 0.0263. The van der Waals surface area contributed by atoms with Crippen LogP contribution in [0.2, 0.25) is 5.02 Å². The second-order valence-electron chi connectivity index (χ2n) is 10.0. The molecule has 7 nitrogen and oxygen atoms in total. The van der Waals surface area contributed by atoms with Crippen molar-refractivity contribution in [3.63, 3.8) is 0 Å². The molecule has 0 spiro atoms. The lowest BCUT2D eigenvalue weighted by Gasteiger charge is -2.34. The molecule has 218 valence electrons. The largest absolute Gasteiger partial charge is 0.357 e. The molecular weight excluding hydrogens is 570 g/mol. The number of para-hydroxylation sites is 1. The van der Waals surface area contributed by atoms with E-state index < -0.39 is 28.5 Å². The van der Waals surface area contributed by atoms with Gasteiger partial charge in [-0.15, -0.1) is 0 Å². The van der Waals surface area contributed by atoms with Crippen LogP contribution in [0.4, 0.5) is 5.69 Å². The number of anilines is 1. The lowest BCUT2D eigenvalue weighted by atomic mass is 10.0. The molecule has 42 heavy (non-hydrogen) atoms. The van der Waals surface area contributed by atoms with Gasteiger partial charge >= 0.3 is 0 Å². The van der Waals surface area contributed by atoms with Gasteiger partial charge in [0.1, 0.15) is 12.6 Å². The molecule has 0 heterocycles. The van der Waals surface area contributed by atoms with E-state index in [-0.39, 0.29) is 34.5 Å². The molecular formula is C33H34ClN3O4S. The van der Waals surface area contributed by atoms with Crippen LogP contribution in [0.5, 0.6) is 0 Å². The quantitative estimate of drug-likeness (QED) is 0.244. The maximum atomic E-state index is 14.3. The molecule has 0 radical (unpaired) electrons.